The molecular formula is C15H14BrF2NO. The summed E-state index contributed by atoms with van der Waals surface area (Å²) in [6.45, 7) is 3.33. The summed E-state index contributed by atoms with van der Waals surface area (Å²) in [7, 11) is 0. The van der Waals surface area contributed by atoms with Crippen LogP contribution in [0.4, 0.5) is 8.78 Å². The van der Waals surface area contributed by atoms with Gasteiger partial charge in [-0.2, -0.15) is 0 Å². The third kappa shape index (κ3) is 3.16. The molecule has 2 nitrogen and oxygen atoms in total. The molecule has 1 atom stereocenters. The van der Waals surface area contributed by atoms with Crippen molar-refractivity contribution in [3.05, 3.63) is 57.6 Å². The van der Waals surface area contributed by atoms with Gasteiger partial charge in [0.05, 0.1) is 0 Å². The Bertz CT molecular complexity index is 644. The molecule has 0 aliphatic rings. The van der Waals surface area contributed by atoms with Gasteiger partial charge in [-0.25, -0.2) is 8.78 Å². The zero-order valence-corrected chi connectivity index (χ0v) is 12.7. The van der Waals surface area contributed by atoms with Gasteiger partial charge in [0.1, 0.15) is 11.6 Å². The number of ether oxygens (including phenoxy) is 1. The van der Waals surface area contributed by atoms with Crippen molar-refractivity contribution in [2.45, 2.75) is 19.9 Å². The van der Waals surface area contributed by atoms with Crippen molar-refractivity contribution in [3.8, 4) is 11.5 Å². The minimum absolute atomic E-state index is 0.0705. The van der Waals surface area contributed by atoms with E-state index in [-0.39, 0.29) is 11.6 Å². The Labute approximate surface area is 124 Å². The molecule has 2 aromatic rings. The number of rotatable bonds is 3. The maximum atomic E-state index is 13.8. The average Bonchev–Trinajstić information content (AvgIpc) is 2.36. The monoisotopic (exact) mass is 341 g/mol. The maximum Gasteiger partial charge on any atom is 0.166 e. The fourth-order valence-corrected chi connectivity index (χ4v) is 2.12. The fourth-order valence-electron chi connectivity index (χ4n) is 1.79. The van der Waals surface area contributed by atoms with Crippen LogP contribution in [-0.2, 0) is 0 Å². The summed E-state index contributed by atoms with van der Waals surface area (Å²) in [5.41, 5.74) is 6.72. The van der Waals surface area contributed by atoms with E-state index in [1.165, 1.54) is 24.3 Å². The zero-order chi connectivity index (χ0) is 14.9. The van der Waals surface area contributed by atoms with Crippen LogP contribution in [0.5, 0.6) is 11.5 Å². The first-order valence-corrected chi connectivity index (χ1v) is 6.86. The van der Waals surface area contributed by atoms with Gasteiger partial charge in [0.2, 0.25) is 0 Å². The van der Waals surface area contributed by atoms with Gasteiger partial charge in [0, 0.05) is 16.1 Å². The van der Waals surface area contributed by atoms with Crippen molar-refractivity contribution < 1.29 is 13.5 Å². The lowest BCUT2D eigenvalue weighted by atomic mass is 10.1. The van der Waals surface area contributed by atoms with Crippen LogP contribution in [0.15, 0.2) is 34.8 Å². The van der Waals surface area contributed by atoms with E-state index in [0.717, 1.165) is 0 Å². The highest BCUT2D eigenvalue weighted by Gasteiger charge is 2.14. The van der Waals surface area contributed by atoms with E-state index in [0.29, 0.717) is 21.3 Å². The van der Waals surface area contributed by atoms with E-state index in [2.05, 4.69) is 15.9 Å². The summed E-state index contributed by atoms with van der Waals surface area (Å²) >= 11 is 3.18. The molecule has 0 unspecified atom stereocenters. The standard InChI is InChI=1S/C15H14BrF2NO/c1-8-5-15(11(9(2)19)7-12(8)17)20-14-4-3-10(16)6-13(14)18/h3-7,9H,19H2,1-2H3/t9-/m0/s1. The summed E-state index contributed by atoms with van der Waals surface area (Å²) < 4.78 is 33.6. The Balaban J connectivity index is 2.44. The molecular weight excluding hydrogens is 328 g/mol. The van der Waals surface area contributed by atoms with E-state index < -0.39 is 11.9 Å². The van der Waals surface area contributed by atoms with Crippen LogP contribution >= 0.6 is 15.9 Å². The van der Waals surface area contributed by atoms with Crippen LogP contribution in [0.1, 0.15) is 24.1 Å². The molecule has 106 valence electrons. The van der Waals surface area contributed by atoms with E-state index in [1.807, 2.05) is 0 Å². The van der Waals surface area contributed by atoms with Crippen molar-refractivity contribution in [3.63, 3.8) is 0 Å². The van der Waals surface area contributed by atoms with Crippen molar-refractivity contribution in [1.29, 1.82) is 0 Å². The number of hydrogen-bond acceptors (Lipinski definition) is 2. The van der Waals surface area contributed by atoms with Crippen molar-refractivity contribution in [1.82, 2.24) is 0 Å². The lowest BCUT2D eigenvalue weighted by Crippen LogP contribution is -2.08. The Hall–Kier alpha value is -1.46. The molecule has 0 aliphatic heterocycles. The van der Waals surface area contributed by atoms with E-state index in [9.17, 15) is 8.78 Å². The largest absolute Gasteiger partial charge is 0.454 e. The van der Waals surface area contributed by atoms with Crippen LogP contribution in [0, 0.1) is 18.6 Å². The molecule has 0 bridgehead atoms. The van der Waals surface area contributed by atoms with Crippen molar-refractivity contribution in [2.24, 2.45) is 5.73 Å². The minimum Gasteiger partial charge on any atom is -0.454 e. The number of benzene rings is 2. The van der Waals surface area contributed by atoms with Crippen LogP contribution < -0.4 is 10.5 Å². The smallest absolute Gasteiger partial charge is 0.166 e. The second-order valence-corrected chi connectivity index (χ2v) is 5.52. The molecule has 0 saturated heterocycles. The topological polar surface area (TPSA) is 35.2 Å². The number of nitrogens with two attached hydrogens (primary N) is 1. The normalized spacial score (nSPS) is 12.3. The molecule has 0 aromatic heterocycles. The molecule has 0 radical (unpaired) electrons. The third-order valence-corrected chi connectivity index (χ3v) is 3.39. The van der Waals surface area contributed by atoms with Crippen LogP contribution in [-0.4, -0.2) is 0 Å². The SMILES string of the molecule is Cc1cc(Oc2ccc(Br)cc2F)c([C@H](C)N)cc1F. The fraction of sp³-hybridized carbons (Fsp3) is 0.200. The first-order valence-electron chi connectivity index (χ1n) is 6.07. The Morgan fingerprint density at radius 3 is 2.40 bits per heavy atom. The molecule has 20 heavy (non-hydrogen) atoms. The molecule has 2 N–H and O–H groups in total. The molecule has 0 amide bonds. The summed E-state index contributed by atoms with van der Waals surface area (Å²) in [6, 6.07) is 6.90. The lowest BCUT2D eigenvalue weighted by Gasteiger charge is -2.15. The first kappa shape index (κ1) is 14.9. The quantitative estimate of drug-likeness (QED) is 0.866. The van der Waals surface area contributed by atoms with Crippen LogP contribution in [0.25, 0.3) is 0 Å². The van der Waals surface area contributed by atoms with Gasteiger partial charge in [-0.1, -0.05) is 15.9 Å². The van der Waals surface area contributed by atoms with Crippen molar-refractivity contribution in [2.75, 3.05) is 0 Å². The number of hydrogen-bond donors (Lipinski definition) is 1. The highest BCUT2D eigenvalue weighted by Crippen LogP contribution is 2.33. The van der Waals surface area contributed by atoms with Crippen molar-refractivity contribution >= 4 is 15.9 Å². The van der Waals surface area contributed by atoms with Gasteiger partial charge in [0.25, 0.3) is 0 Å². The number of halogens is 3. The second-order valence-electron chi connectivity index (χ2n) is 4.60. The van der Waals surface area contributed by atoms with Gasteiger partial charge in [0.15, 0.2) is 11.6 Å². The summed E-state index contributed by atoms with van der Waals surface area (Å²) in [6.07, 6.45) is 0. The van der Waals surface area contributed by atoms with E-state index in [1.54, 1.807) is 19.9 Å². The highest BCUT2D eigenvalue weighted by atomic mass is 79.9. The Kier molecular flexibility index (Phi) is 4.40. The molecule has 0 heterocycles. The Morgan fingerprint density at radius 2 is 1.80 bits per heavy atom. The molecule has 0 saturated carbocycles. The van der Waals surface area contributed by atoms with Gasteiger partial charge in [-0.15, -0.1) is 0 Å². The minimum atomic E-state index is -0.503. The molecule has 2 rings (SSSR count). The van der Waals surface area contributed by atoms with Crippen LogP contribution in [0.2, 0.25) is 0 Å². The Morgan fingerprint density at radius 1 is 1.10 bits per heavy atom. The lowest BCUT2D eigenvalue weighted by molar-refractivity contribution is 0.432. The molecule has 2 aromatic carbocycles. The average molecular weight is 342 g/mol. The van der Waals surface area contributed by atoms with Gasteiger partial charge >= 0.3 is 0 Å². The summed E-state index contributed by atoms with van der Waals surface area (Å²) in [5.74, 6) is -0.431. The third-order valence-electron chi connectivity index (χ3n) is 2.90. The predicted molar refractivity (Wildman–Crippen MR) is 77.9 cm³/mol. The van der Waals surface area contributed by atoms with Gasteiger partial charge in [-0.3, -0.25) is 0 Å². The predicted octanol–water partition coefficient (Wildman–Crippen LogP) is 4.85. The van der Waals surface area contributed by atoms with Crippen LogP contribution in [0.3, 0.4) is 0 Å². The molecule has 0 aliphatic carbocycles. The highest BCUT2D eigenvalue weighted by molar-refractivity contribution is 9.10. The van der Waals surface area contributed by atoms with E-state index in [4.69, 9.17) is 10.5 Å². The maximum absolute atomic E-state index is 13.8. The zero-order valence-electron chi connectivity index (χ0n) is 11.1. The second kappa shape index (κ2) is 5.89. The molecule has 5 heteroatoms. The molecule has 0 spiro atoms. The summed E-state index contributed by atoms with van der Waals surface area (Å²) in [4.78, 5) is 0. The van der Waals surface area contributed by atoms with Gasteiger partial charge < -0.3 is 10.5 Å². The first-order chi connectivity index (χ1) is 9.38. The summed E-state index contributed by atoms with van der Waals surface area (Å²) in [5, 5.41) is 0. The molecule has 0 fully saturated rings. The van der Waals surface area contributed by atoms with Gasteiger partial charge in [-0.05, 0) is 49.7 Å². The van der Waals surface area contributed by atoms with E-state index >= 15 is 0 Å². The number of aryl methyl sites for hydroxylation is 1.